The molecule has 2 amide bonds. The molecule has 2 atom stereocenters. The maximum atomic E-state index is 13.2. The Balaban J connectivity index is 1.44. The average Bonchev–Trinajstić information content (AvgIpc) is 2.73. The smallest absolute Gasteiger partial charge is 0.230 e. The number of aryl methyl sites for hydroxylation is 1. The third kappa shape index (κ3) is 3.50. The van der Waals surface area contributed by atoms with E-state index in [1.54, 1.807) is 0 Å². The van der Waals surface area contributed by atoms with E-state index >= 15 is 0 Å². The Morgan fingerprint density at radius 2 is 1.73 bits per heavy atom. The van der Waals surface area contributed by atoms with Gasteiger partial charge in [-0.2, -0.15) is 0 Å². The van der Waals surface area contributed by atoms with Crippen LogP contribution in [0, 0.1) is 5.92 Å². The molecule has 0 radical (unpaired) electrons. The molecule has 0 N–H and O–H groups in total. The number of hydrogen-bond acceptors (Lipinski definition) is 3. The number of carbonyl (C=O) groups is 2. The number of likely N-dealkylation sites (tertiary alicyclic amines) is 1. The summed E-state index contributed by atoms with van der Waals surface area (Å²) >= 11 is 0. The summed E-state index contributed by atoms with van der Waals surface area (Å²) in [7, 11) is 0. The summed E-state index contributed by atoms with van der Waals surface area (Å²) in [5.74, 6) is 0.341. The van der Waals surface area contributed by atoms with Crippen molar-refractivity contribution in [2.75, 3.05) is 39.4 Å². The SMILES string of the molecule is O=C([C@@H]1CCCN(C(=O)[C@H]2CCCc3ccccc32)C1)N1CCOCC1. The molecule has 26 heavy (non-hydrogen) atoms. The molecule has 0 bridgehead atoms. The molecule has 0 aromatic heterocycles. The van der Waals surface area contributed by atoms with Crippen molar-refractivity contribution in [3.05, 3.63) is 35.4 Å². The molecule has 5 heteroatoms. The van der Waals surface area contributed by atoms with Crippen molar-refractivity contribution in [3.63, 3.8) is 0 Å². The third-order valence-corrected chi connectivity index (χ3v) is 6.07. The van der Waals surface area contributed by atoms with Crippen LogP contribution in [0.3, 0.4) is 0 Å². The van der Waals surface area contributed by atoms with Crippen LogP contribution in [0.2, 0.25) is 0 Å². The summed E-state index contributed by atoms with van der Waals surface area (Å²) in [6, 6.07) is 8.35. The standard InChI is InChI=1S/C21H28N2O3/c24-20(22-11-13-26-14-12-22)17-7-4-10-23(15-17)21(25)19-9-3-6-16-5-1-2-8-18(16)19/h1-2,5,8,17,19H,3-4,6-7,9-15H2/t17-,19+/m1/s1. The first-order valence-electron chi connectivity index (χ1n) is 9.97. The maximum Gasteiger partial charge on any atom is 0.230 e. The minimum atomic E-state index is -0.0513. The quantitative estimate of drug-likeness (QED) is 0.816. The zero-order valence-corrected chi connectivity index (χ0v) is 15.4. The van der Waals surface area contributed by atoms with Crippen LogP contribution in [0.25, 0.3) is 0 Å². The minimum absolute atomic E-state index is 0.0304. The van der Waals surface area contributed by atoms with Gasteiger partial charge in [0.25, 0.3) is 0 Å². The van der Waals surface area contributed by atoms with Crippen LogP contribution in [0.1, 0.15) is 42.7 Å². The van der Waals surface area contributed by atoms with Crippen LogP contribution in [0.4, 0.5) is 0 Å². The summed E-state index contributed by atoms with van der Waals surface area (Å²) in [6.45, 7) is 3.97. The van der Waals surface area contributed by atoms with Crippen molar-refractivity contribution in [2.45, 2.75) is 38.0 Å². The van der Waals surface area contributed by atoms with Gasteiger partial charge in [-0.3, -0.25) is 9.59 Å². The summed E-state index contributed by atoms with van der Waals surface area (Å²) < 4.78 is 5.35. The summed E-state index contributed by atoms with van der Waals surface area (Å²) in [5.41, 5.74) is 2.51. The number of nitrogens with zero attached hydrogens (tertiary/aromatic N) is 2. The predicted molar refractivity (Wildman–Crippen MR) is 98.8 cm³/mol. The molecule has 0 unspecified atom stereocenters. The number of piperidine rings is 1. The predicted octanol–water partition coefficient (Wildman–Crippen LogP) is 2.20. The van der Waals surface area contributed by atoms with Crippen LogP contribution >= 0.6 is 0 Å². The minimum Gasteiger partial charge on any atom is -0.378 e. The highest BCUT2D eigenvalue weighted by atomic mass is 16.5. The Labute approximate surface area is 155 Å². The van der Waals surface area contributed by atoms with Crippen molar-refractivity contribution in [3.8, 4) is 0 Å². The molecule has 1 aromatic carbocycles. The molecule has 2 saturated heterocycles. The highest BCUT2D eigenvalue weighted by Crippen LogP contribution is 2.34. The van der Waals surface area contributed by atoms with Crippen molar-refractivity contribution in [1.82, 2.24) is 9.80 Å². The highest BCUT2D eigenvalue weighted by molar-refractivity contribution is 5.86. The molecule has 0 spiro atoms. The summed E-state index contributed by atoms with van der Waals surface area (Å²) in [4.78, 5) is 29.9. The Morgan fingerprint density at radius 1 is 0.923 bits per heavy atom. The fraction of sp³-hybridized carbons (Fsp3) is 0.619. The molecule has 2 fully saturated rings. The van der Waals surface area contributed by atoms with E-state index < -0.39 is 0 Å². The average molecular weight is 356 g/mol. The first-order chi connectivity index (χ1) is 12.7. The van der Waals surface area contributed by atoms with E-state index in [1.165, 1.54) is 11.1 Å². The van der Waals surface area contributed by atoms with Gasteiger partial charge in [-0.25, -0.2) is 0 Å². The van der Waals surface area contributed by atoms with E-state index in [2.05, 4.69) is 18.2 Å². The molecule has 1 aromatic rings. The van der Waals surface area contributed by atoms with E-state index in [1.807, 2.05) is 15.9 Å². The van der Waals surface area contributed by atoms with Crippen molar-refractivity contribution in [2.24, 2.45) is 5.92 Å². The topological polar surface area (TPSA) is 49.9 Å². The number of rotatable bonds is 2. The number of hydrogen-bond donors (Lipinski definition) is 0. The van der Waals surface area contributed by atoms with Crippen LogP contribution < -0.4 is 0 Å². The van der Waals surface area contributed by atoms with Crippen LogP contribution in [0.5, 0.6) is 0 Å². The molecule has 4 rings (SSSR count). The Kier molecular flexibility index (Phi) is 5.25. The van der Waals surface area contributed by atoms with E-state index in [4.69, 9.17) is 4.74 Å². The number of benzene rings is 1. The fourth-order valence-corrected chi connectivity index (χ4v) is 4.65. The normalized spacial score (nSPS) is 26.3. The monoisotopic (exact) mass is 356 g/mol. The molecule has 5 nitrogen and oxygen atoms in total. The van der Waals surface area contributed by atoms with Crippen LogP contribution in [0.15, 0.2) is 24.3 Å². The number of ether oxygens (including phenoxy) is 1. The molecular formula is C21H28N2O3. The van der Waals surface area contributed by atoms with E-state index in [9.17, 15) is 9.59 Å². The lowest BCUT2D eigenvalue weighted by molar-refractivity contribution is -0.144. The van der Waals surface area contributed by atoms with E-state index in [-0.39, 0.29) is 23.7 Å². The van der Waals surface area contributed by atoms with Gasteiger partial charge in [0.2, 0.25) is 11.8 Å². The van der Waals surface area contributed by atoms with Gasteiger partial charge in [0.15, 0.2) is 0 Å². The van der Waals surface area contributed by atoms with Gasteiger partial charge in [-0.05, 0) is 43.2 Å². The first kappa shape index (κ1) is 17.5. The zero-order valence-electron chi connectivity index (χ0n) is 15.4. The van der Waals surface area contributed by atoms with Gasteiger partial charge in [-0.15, -0.1) is 0 Å². The second kappa shape index (κ2) is 7.78. The van der Waals surface area contributed by atoms with Crippen molar-refractivity contribution in [1.29, 1.82) is 0 Å². The van der Waals surface area contributed by atoms with Gasteiger partial charge in [-0.1, -0.05) is 24.3 Å². The number of morpholine rings is 1. The Morgan fingerprint density at radius 3 is 2.58 bits per heavy atom. The lowest BCUT2D eigenvalue weighted by atomic mass is 9.81. The lowest BCUT2D eigenvalue weighted by Crippen LogP contribution is -2.50. The molecule has 2 heterocycles. The summed E-state index contributed by atoms with van der Waals surface area (Å²) in [6.07, 6.45) is 4.87. The lowest BCUT2D eigenvalue weighted by Gasteiger charge is -2.38. The largest absolute Gasteiger partial charge is 0.378 e. The maximum absolute atomic E-state index is 13.2. The number of fused-ring (bicyclic) bond motifs is 1. The second-order valence-corrected chi connectivity index (χ2v) is 7.70. The van der Waals surface area contributed by atoms with Gasteiger partial charge >= 0.3 is 0 Å². The van der Waals surface area contributed by atoms with Crippen LogP contribution in [-0.4, -0.2) is 61.0 Å². The third-order valence-electron chi connectivity index (χ3n) is 6.07. The molecule has 1 aliphatic carbocycles. The molecule has 0 saturated carbocycles. The number of carbonyl (C=O) groups excluding carboxylic acids is 2. The first-order valence-corrected chi connectivity index (χ1v) is 9.97. The van der Waals surface area contributed by atoms with Crippen LogP contribution in [-0.2, 0) is 20.7 Å². The zero-order chi connectivity index (χ0) is 17.9. The Bertz CT molecular complexity index is 669. The molecule has 140 valence electrons. The van der Waals surface area contributed by atoms with Gasteiger partial charge in [0.05, 0.1) is 25.0 Å². The Hall–Kier alpha value is -1.88. The van der Waals surface area contributed by atoms with E-state index in [0.717, 1.165) is 38.6 Å². The second-order valence-electron chi connectivity index (χ2n) is 7.70. The van der Waals surface area contributed by atoms with Gasteiger partial charge in [0, 0.05) is 26.2 Å². The van der Waals surface area contributed by atoms with Gasteiger partial charge < -0.3 is 14.5 Å². The highest BCUT2D eigenvalue weighted by Gasteiger charge is 2.35. The van der Waals surface area contributed by atoms with E-state index in [0.29, 0.717) is 32.8 Å². The van der Waals surface area contributed by atoms with Crippen molar-refractivity contribution >= 4 is 11.8 Å². The van der Waals surface area contributed by atoms with Crippen molar-refractivity contribution < 1.29 is 14.3 Å². The van der Waals surface area contributed by atoms with Gasteiger partial charge in [0.1, 0.15) is 0 Å². The fourth-order valence-electron chi connectivity index (χ4n) is 4.65. The molecule has 3 aliphatic rings. The summed E-state index contributed by atoms with van der Waals surface area (Å²) in [5, 5.41) is 0. The molecule has 2 aliphatic heterocycles. The number of amides is 2. The molecular weight excluding hydrogens is 328 g/mol.